The molecule has 0 saturated heterocycles. The number of fused-ring (bicyclic) bond motifs is 1. The predicted molar refractivity (Wildman–Crippen MR) is 67.9 cm³/mol. The summed E-state index contributed by atoms with van der Waals surface area (Å²) in [6.45, 7) is 0.634. The molecular formula is C12H16N4O. The van der Waals surface area contributed by atoms with Gasteiger partial charge in [-0.25, -0.2) is 9.97 Å². The number of nitrogens with zero attached hydrogens (tertiary/aromatic N) is 2. The van der Waals surface area contributed by atoms with Gasteiger partial charge in [0.2, 0.25) is 5.95 Å². The average molecular weight is 232 g/mol. The molecule has 90 valence electrons. The van der Waals surface area contributed by atoms with E-state index >= 15 is 0 Å². The van der Waals surface area contributed by atoms with Crippen molar-refractivity contribution in [3.05, 3.63) is 23.9 Å². The number of methoxy groups -OCH3 is 1. The summed E-state index contributed by atoms with van der Waals surface area (Å²) in [5.41, 5.74) is 13.0. The highest BCUT2D eigenvalue weighted by atomic mass is 16.5. The summed E-state index contributed by atoms with van der Waals surface area (Å²) in [7, 11) is 1.64. The Bertz CT molecular complexity index is 527. The van der Waals surface area contributed by atoms with E-state index in [4.69, 9.17) is 16.2 Å². The third kappa shape index (κ3) is 2.45. The zero-order valence-electron chi connectivity index (χ0n) is 9.81. The lowest BCUT2D eigenvalue weighted by atomic mass is 10.1. The zero-order valence-corrected chi connectivity index (χ0v) is 9.81. The molecule has 1 heterocycles. The fourth-order valence-electron chi connectivity index (χ4n) is 1.78. The van der Waals surface area contributed by atoms with E-state index in [-0.39, 0.29) is 0 Å². The zero-order chi connectivity index (χ0) is 12.3. The maximum absolute atomic E-state index is 5.68. The first-order chi connectivity index (χ1) is 8.24. The molecule has 1 aromatic carbocycles. The first-order valence-electron chi connectivity index (χ1n) is 5.55. The molecule has 0 saturated carbocycles. The maximum atomic E-state index is 5.68. The first kappa shape index (κ1) is 11.6. The van der Waals surface area contributed by atoms with Crippen LogP contribution in [0.15, 0.2) is 18.2 Å². The highest BCUT2D eigenvalue weighted by Crippen LogP contribution is 2.23. The number of aromatic nitrogens is 2. The van der Waals surface area contributed by atoms with Crippen LogP contribution in [-0.4, -0.2) is 23.6 Å². The van der Waals surface area contributed by atoms with E-state index in [9.17, 15) is 0 Å². The van der Waals surface area contributed by atoms with Crippen LogP contribution in [0.25, 0.3) is 10.9 Å². The molecule has 0 aliphatic rings. The maximum Gasteiger partial charge on any atom is 0.220 e. The number of rotatable bonds is 4. The standard InChI is InChI=1S/C12H16N4O/c1-17-8-4-5-11-9(7-8)10(3-2-6-13)15-12(14)16-11/h4-5,7H,2-3,6,13H2,1H3,(H2,14,15,16). The molecule has 4 N–H and O–H groups in total. The van der Waals surface area contributed by atoms with E-state index in [1.165, 1.54) is 0 Å². The largest absolute Gasteiger partial charge is 0.497 e. The van der Waals surface area contributed by atoms with Gasteiger partial charge in [0.1, 0.15) is 5.75 Å². The van der Waals surface area contributed by atoms with Gasteiger partial charge < -0.3 is 16.2 Å². The average Bonchev–Trinajstić information content (AvgIpc) is 2.35. The second kappa shape index (κ2) is 4.97. The van der Waals surface area contributed by atoms with Crippen LogP contribution in [-0.2, 0) is 6.42 Å². The Morgan fingerprint density at radius 2 is 2.12 bits per heavy atom. The first-order valence-corrected chi connectivity index (χ1v) is 5.55. The van der Waals surface area contributed by atoms with Gasteiger partial charge in [0.15, 0.2) is 0 Å². The van der Waals surface area contributed by atoms with Gasteiger partial charge in [-0.3, -0.25) is 0 Å². The molecule has 0 aliphatic heterocycles. The Labute approximate surface area is 99.8 Å². The van der Waals surface area contributed by atoms with Crippen LogP contribution >= 0.6 is 0 Å². The third-order valence-corrected chi connectivity index (χ3v) is 2.62. The number of aryl methyl sites for hydroxylation is 1. The summed E-state index contributed by atoms with van der Waals surface area (Å²) in [6.07, 6.45) is 1.68. The Hall–Kier alpha value is -1.88. The molecule has 0 atom stereocenters. The van der Waals surface area contributed by atoms with Gasteiger partial charge in [0, 0.05) is 5.39 Å². The molecule has 0 radical (unpaired) electrons. The van der Waals surface area contributed by atoms with Crippen LogP contribution in [0.5, 0.6) is 5.75 Å². The van der Waals surface area contributed by atoms with Crippen molar-refractivity contribution in [1.82, 2.24) is 9.97 Å². The number of benzene rings is 1. The second-order valence-corrected chi connectivity index (χ2v) is 3.80. The number of anilines is 1. The van der Waals surface area contributed by atoms with Crippen molar-refractivity contribution in [2.75, 3.05) is 19.4 Å². The summed E-state index contributed by atoms with van der Waals surface area (Å²) in [5.74, 6) is 1.09. The van der Waals surface area contributed by atoms with Gasteiger partial charge in [0.05, 0.1) is 18.3 Å². The molecule has 0 spiro atoms. The summed E-state index contributed by atoms with van der Waals surface area (Å²) in [6, 6.07) is 5.68. The predicted octanol–water partition coefficient (Wildman–Crippen LogP) is 1.11. The van der Waals surface area contributed by atoms with Crippen LogP contribution in [0.1, 0.15) is 12.1 Å². The van der Waals surface area contributed by atoms with E-state index in [0.29, 0.717) is 12.5 Å². The summed E-state index contributed by atoms with van der Waals surface area (Å²) in [4.78, 5) is 8.47. The molecule has 0 unspecified atom stereocenters. The van der Waals surface area contributed by atoms with Gasteiger partial charge in [-0.15, -0.1) is 0 Å². The highest BCUT2D eigenvalue weighted by Gasteiger charge is 2.07. The van der Waals surface area contributed by atoms with Crippen LogP contribution in [0.4, 0.5) is 5.95 Å². The molecule has 0 fully saturated rings. The van der Waals surface area contributed by atoms with Gasteiger partial charge in [0.25, 0.3) is 0 Å². The molecule has 17 heavy (non-hydrogen) atoms. The normalized spacial score (nSPS) is 10.7. The number of nitrogen functional groups attached to an aromatic ring is 1. The minimum Gasteiger partial charge on any atom is -0.497 e. The van der Waals surface area contributed by atoms with Gasteiger partial charge >= 0.3 is 0 Å². The van der Waals surface area contributed by atoms with Crippen LogP contribution in [0.2, 0.25) is 0 Å². The van der Waals surface area contributed by atoms with E-state index < -0.39 is 0 Å². The van der Waals surface area contributed by atoms with Crippen molar-refractivity contribution in [2.45, 2.75) is 12.8 Å². The van der Waals surface area contributed by atoms with Crippen LogP contribution in [0.3, 0.4) is 0 Å². The Morgan fingerprint density at radius 1 is 1.29 bits per heavy atom. The molecular weight excluding hydrogens is 216 g/mol. The number of hydrogen-bond donors (Lipinski definition) is 2. The topological polar surface area (TPSA) is 87.0 Å². The summed E-state index contributed by atoms with van der Waals surface area (Å²) in [5, 5.41) is 0.979. The molecule has 5 heteroatoms. The number of ether oxygens (including phenoxy) is 1. The van der Waals surface area contributed by atoms with E-state index in [2.05, 4.69) is 9.97 Å². The van der Waals surface area contributed by atoms with Crippen molar-refractivity contribution < 1.29 is 4.74 Å². The number of nitrogens with two attached hydrogens (primary N) is 2. The highest BCUT2D eigenvalue weighted by molar-refractivity contribution is 5.83. The fraction of sp³-hybridized carbons (Fsp3) is 0.333. The van der Waals surface area contributed by atoms with Gasteiger partial charge in [-0.1, -0.05) is 0 Å². The minimum absolute atomic E-state index is 0.301. The van der Waals surface area contributed by atoms with Crippen molar-refractivity contribution >= 4 is 16.9 Å². The van der Waals surface area contributed by atoms with E-state index in [0.717, 1.165) is 35.2 Å². The minimum atomic E-state index is 0.301. The molecule has 2 rings (SSSR count). The van der Waals surface area contributed by atoms with Crippen molar-refractivity contribution in [3.8, 4) is 5.75 Å². The lowest BCUT2D eigenvalue weighted by Gasteiger charge is -2.07. The van der Waals surface area contributed by atoms with Gasteiger partial charge in [-0.2, -0.15) is 0 Å². The fourth-order valence-corrected chi connectivity index (χ4v) is 1.78. The second-order valence-electron chi connectivity index (χ2n) is 3.80. The number of hydrogen-bond acceptors (Lipinski definition) is 5. The molecule has 1 aromatic heterocycles. The van der Waals surface area contributed by atoms with E-state index in [1.54, 1.807) is 7.11 Å². The molecule has 2 aromatic rings. The molecule has 0 amide bonds. The molecule has 5 nitrogen and oxygen atoms in total. The Kier molecular flexibility index (Phi) is 3.39. The summed E-state index contributed by atoms with van der Waals surface area (Å²) >= 11 is 0. The molecule has 0 bridgehead atoms. The lowest BCUT2D eigenvalue weighted by molar-refractivity contribution is 0.415. The molecule has 0 aliphatic carbocycles. The van der Waals surface area contributed by atoms with Crippen molar-refractivity contribution in [3.63, 3.8) is 0 Å². The Morgan fingerprint density at radius 3 is 2.82 bits per heavy atom. The Balaban J connectivity index is 2.53. The van der Waals surface area contributed by atoms with Crippen LogP contribution < -0.4 is 16.2 Å². The van der Waals surface area contributed by atoms with Gasteiger partial charge in [-0.05, 0) is 37.6 Å². The SMILES string of the molecule is COc1ccc2nc(N)nc(CCCN)c2c1. The lowest BCUT2D eigenvalue weighted by Crippen LogP contribution is -2.05. The van der Waals surface area contributed by atoms with Crippen molar-refractivity contribution in [2.24, 2.45) is 5.73 Å². The smallest absolute Gasteiger partial charge is 0.220 e. The third-order valence-electron chi connectivity index (χ3n) is 2.62. The monoisotopic (exact) mass is 232 g/mol. The quantitative estimate of drug-likeness (QED) is 0.824. The van der Waals surface area contributed by atoms with Crippen molar-refractivity contribution in [1.29, 1.82) is 0 Å². The van der Waals surface area contributed by atoms with E-state index in [1.807, 2.05) is 18.2 Å². The van der Waals surface area contributed by atoms with Crippen LogP contribution in [0, 0.1) is 0 Å². The summed E-state index contributed by atoms with van der Waals surface area (Å²) < 4.78 is 5.20.